The fourth-order valence-electron chi connectivity index (χ4n) is 3.30. The van der Waals surface area contributed by atoms with Gasteiger partial charge in [-0.1, -0.05) is 29.8 Å². The minimum atomic E-state index is -0.00152. The first-order valence-electron chi connectivity index (χ1n) is 10.1. The fraction of sp³-hybridized carbons (Fsp3) is 0.167. The van der Waals surface area contributed by atoms with E-state index in [4.69, 9.17) is 0 Å². The molecule has 0 aliphatic carbocycles. The number of benzene rings is 2. The lowest BCUT2D eigenvalue weighted by Crippen LogP contribution is -2.12. The van der Waals surface area contributed by atoms with Gasteiger partial charge in [-0.25, -0.2) is 15.0 Å². The van der Waals surface area contributed by atoms with Gasteiger partial charge in [0.1, 0.15) is 23.8 Å². The number of hydrogen-bond acceptors (Lipinski definition) is 5. The standard InChI is InChI=1S/C24H24N6O/c1-17-4-3-5-19(14-17)6-11-24(31)29-21-9-7-20(8-10-21)28-22-15-23(27-16-26-22)30-13-12-25-18(30)2/h3-5,7-10,12-16H,6,11H2,1-2H3,(H,29,31)(H,26,27,28). The van der Waals surface area contributed by atoms with E-state index in [1.165, 1.54) is 17.5 Å². The summed E-state index contributed by atoms with van der Waals surface area (Å²) in [5, 5.41) is 6.21. The summed E-state index contributed by atoms with van der Waals surface area (Å²) < 4.78 is 1.89. The van der Waals surface area contributed by atoms with Gasteiger partial charge in [-0.2, -0.15) is 0 Å². The van der Waals surface area contributed by atoms with Gasteiger partial charge in [-0.3, -0.25) is 9.36 Å². The molecule has 0 fully saturated rings. The van der Waals surface area contributed by atoms with Gasteiger partial charge < -0.3 is 10.6 Å². The lowest BCUT2D eigenvalue weighted by Gasteiger charge is -2.10. The summed E-state index contributed by atoms with van der Waals surface area (Å²) in [4.78, 5) is 25.1. The highest BCUT2D eigenvalue weighted by Crippen LogP contribution is 2.19. The highest BCUT2D eigenvalue weighted by Gasteiger charge is 2.06. The summed E-state index contributed by atoms with van der Waals surface area (Å²) in [6.07, 6.45) is 6.27. The minimum Gasteiger partial charge on any atom is -0.340 e. The van der Waals surface area contributed by atoms with Crippen LogP contribution >= 0.6 is 0 Å². The number of imidazole rings is 1. The monoisotopic (exact) mass is 412 g/mol. The van der Waals surface area contributed by atoms with Crippen molar-refractivity contribution in [3.63, 3.8) is 0 Å². The molecule has 0 saturated carbocycles. The number of nitrogens with one attached hydrogen (secondary N) is 2. The van der Waals surface area contributed by atoms with Crippen LogP contribution in [0.15, 0.2) is 73.3 Å². The molecule has 4 aromatic rings. The number of carbonyl (C=O) groups excluding carboxylic acids is 1. The Labute approximate surface area is 181 Å². The zero-order valence-electron chi connectivity index (χ0n) is 17.5. The number of amides is 1. The molecule has 2 N–H and O–H groups in total. The van der Waals surface area contributed by atoms with Gasteiger partial charge in [0.05, 0.1) is 0 Å². The van der Waals surface area contributed by atoms with Crippen LogP contribution in [0.25, 0.3) is 5.82 Å². The number of aryl methyl sites for hydroxylation is 3. The maximum Gasteiger partial charge on any atom is 0.224 e. The molecule has 7 heteroatoms. The molecule has 0 aliphatic heterocycles. The Morgan fingerprint density at radius 2 is 1.77 bits per heavy atom. The molecule has 31 heavy (non-hydrogen) atoms. The normalized spacial score (nSPS) is 10.6. The molecule has 2 heterocycles. The zero-order chi connectivity index (χ0) is 21.6. The number of nitrogens with zero attached hydrogens (tertiary/aromatic N) is 4. The molecule has 0 bridgehead atoms. The van der Waals surface area contributed by atoms with E-state index in [1.807, 2.05) is 60.2 Å². The predicted molar refractivity (Wildman–Crippen MR) is 122 cm³/mol. The third kappa shape index (κ3) is 5.33. The molecule has 0 radical (unpaired) electrons. The third-order valence-corrected chi connectivity index (χ3v) is 4.89. The molecule has 7 nitrogen and oxygen atoms in total. The molecule has 4 rings (SSSR count). The van der Waals surface area contributed by atoms with Crippen LogP contribution in [0.1, 0.15) is 23.4 Å². The molecular formula is C24H24N6O. The van der Waals surface area contributed by atoms with Crippen LogP contribution in [-0.4, -0.2) is 25.4 Å². The van der Waals surface area contributed by atoms with E-state index in [9.17, 15) is 4.79 Å². The van der Waals surface area contributed by atoms with Gasteiger partial charge >= 0.3 is 0 Å². The Morgan fingerprint density at radius 3 is 2.52 bits per heavy atom. The molecule has 2 aromatic heterocycles. The Balaban J connectivity index is 1.34. The first kappa shape index (κ1) is 20.3. The second-order valence-corrected chi connectivity index (χ2v) is 7.35. The van der Waals surface area contributed by atoms with Crippen molar-refractivity contribution in [1.29, 1.82) is 0 Å². The summed E-state index contributed by atoms with van der Waals surface area (Å²) in [7, 11) is 0. The van der Waals surface area contributed by atoms with E-state index < -0.39 is 0 Å². The summed E-state index contributed by atoms with van der Waals surface area (Å²) in [6, 6.07) is 17.6. The van der Waals surface area contributed by atoms with Crippen molar-refractivity contribution in [3.8, 4) is 5.82 Å². The molecule has 0 atom stereocenters. The van der Waals surface area contributed by atoms with Crippen LogP contribution in [0.4, 0.5) is 17.2 Å². The highest BCUT2D eigenvalue weighted by molar-refractivity contribution is 5.91. The first-order valence-corrected chi connectivity index (χ1v) is 10.1. The van der Waals surface area contributed by atoms with Crippen LogP contribution in [-0.2, 0) is 11.2 Å². The number of anilines is 3. The lowest BCUT2D eigenvalue weighted by atomic mass is 10.1. The molecule has 0 aliphatic rings. The topological polar surface area (TPSA) is 84.7 Å². The van der Waals surface area contributed by atoms with E-state index in [0.717, 1.165) is 29.4 Å². The lowest BCUT2D eigenvalue weighted by molar-refractivity contribution is -0.116. The van der Waals surface area contributed by atoms with Gasteiger partial charge in [0.2, 0.25) is 5.91 Å². The molecule has 0 saturated heterocycles. The molecule has 0 unspecified atom stereocenters. The van der Waals surface area contributed by atoms with Gasteiger partial charge in [0.25, 0.3) is 0 Å². The van der Waals surface area contributed by atoms with Crippen molar-refractivity contribution < 1.29 is 4.79 Å². The maximum atomic E-state index is 12.3. The number of rotatable bonds is 7. The Kier molecular flexibility index (Phi) is 6.03. The van der Waals surface area contributed by atoms with Crippen LogP contribution in [0.3, 0.4) is 0 Å². The molecule has 2 aromatic carbocycles. The smallest absolute Gasteiger partial charge is 0.224 e. The zero-order valence-corrected chi connectivity index (χ0v) is 17.5. The molecule has 156 valence electrons. The average molecular weight is 412 g/mol. The van der Waals surface area contributed by atoms with Crippen LogP contribution in [0.2, 0.25) is 0 Å². The summed E-state index contributed by atoms with van der Waals surface area (Å²) in [5.74, 6) is 2.27. The largest absolute Gasteiger partial charge is 0.340 e. The summed E-state index contributed by atoms with van der Waals surface area (Å²) >= 11 is 0. The summed E-state index contributed by atoms with van der Waals surface area (Å²) in [6.45, 7) is 3.98. The van der Waals surface area contributed by atoms with Gasteiger partial charge in [0, 0.05) is 36.3 Å². The fourth-order valence-corrected chi connectivity index (χ4v) is 3.30. The maximum absolute atomic E-state index is 12.3. The second kappa shape index (κ2) is 9.21. The van der Waals surface area contributed by atoms with Crippen molar-refractivity contribution in [2.24, 2.45) is 0 Å². The Bertz CT molecular complexity index is 1180. The predicted octanol–water partition coefficient (Wildman–Crippen LogP) is 4.59. The van der Waals surface area contributed by atoms with Gasteiger partial charge in [0.15, 0.2) is 0 Å². The SMILES string of the molecule is Cc1cccc(CCC(=O)Nc2ccc(Nc3cc(-n4ccnc4C)ncn3)cc2)c1. The average Bonchev–Trinajstić information content (AvgIpc) is 3.20. The van der Waals surface area contributed by atoms with E-state index in [2.05, 4.69) is 44.6 Å². The Morgan fingerprint density at radius 1 is 0.968 bits per heavy atom. The van der Waals surface area contributed by atoms with Crippen molar-refractivity contribution in [2.45, 2.75) is 26.7 Å². The van der Waals surface area contributed by atoms with Gasteiger partial charge in [-0.05, 0) is 50.1 Å². The quantitative estimate of drug-likeness (QED) is 0.464. The minimum absolute atomic E-state index is 0.00152. The molecular weight excluding hydrogens is 388 g/mol. The van der Waals surface area contributed by atoms with E-state index >= 15 is 0 Å². The second-order valence-electron chi connectivity index (χ2n) is 7.35. The first-order chi connectivity index (χ1) is 15.1. The molecule has 1 amide bonds. The number of carbonyl (C=O) groups is 1. The summed E-state index contributed by atoms with van der Waals surface area (Å²) in [5.41, 5.74) is 4.00. The van der Waals surface area contributed by atoms with E-state index in [0.29, 0.717) is 12.2 Å². The van der Waals surface area contributed by atoms with Gasteiger partial charge in [-0.15, -0.1) is 0 Å². The van der Waals surface area contributed by atoms with E-state index in [1.54, 1.807) is 6.20 Å². The third-order valence-electron chi connectivity index (χ3n) is 4.89. The van der Waals surface area contributed by atoms with E-state index in [-0.39, 0.29) is 5.91 Å². The van der Waals surface area contributed by atoms with Crippen molar-refractivity contribution in [3.05, 3.63) is 90.3 Å². The Hall–Kier alpha value is -4.00. The van der Waals surface area contributed by atoms with Crippen LogP contribution < -0.4 is 10.6 Å². The van der Waals surface area contributed by atoms with Crippen molar-refractivity contribution >= 4 is 23.1 Å². The molecule has 0 spiro atoms. The van der Waals surface area contributed by atoms with Crippen molar-refractivity contribution in [1.82, 2.24) is 19.5 Å². The van der Waals surface area contributed by atoms with Crippen molar-refractivity contribution in [2.75, 3.05) is 10.6 Å². The van der Waals surface area contributed by atoms with Crippen LogP contribution in [0, 0.1) is 13.8 Å². The van der Waals surface area contributed by atoms with Crippen LogP contribution in [0.5, 0.6) is 0 Å². The number of hydrogen-bond donors (Lipinski definition) is 2. The number of aromatic nitrogens is 4. The highest BCUT2D eigenvalue weighted by atomic mass is 16.1.